The molecule has 0 spiro atoms. The smallest absolute Gasteiger partial charge is 0.124 e. The molecule has 0 amide bonds. The summed E-state index contributed by atoms with van der Waals surface area (Å²) < 4.78 is 13.5. The average Bonchev–Trinajstić information content (AvgIpc) is 3.21. The molecular weight excluding hydrogens is 464 g/mol. The molecule has 0 aliphatic carbocycles. The number of rotatable bonds is 3. The van der Waals surface area contributed by atoms with Crippen molar-refractivity contribution in [2.24, 2.45) is 0 Å². The van der Waals surface area contributed by atoms with Gasteiger partial charge < -0.3 is 0 Å². The van der Waals surface area contributed by atoms with E-state index in [4.69, 9.17) is 28.7 Å². The zero-order valence-corrected chi connectivity index (χ0v) is 20.1. The van der Waals surface area contributed by atoms with Crippen LogP contribution in [0.25, 0.3) is 32.3 Å². The first-order chi connectivity index (χ1) is 14.8. The molecule has 1 heterocycles. The van der Waals surface area contributed by atoms with Crippen LogP contribution in [-0.2, 0) is 0 Å². The van der Waals surface area contributed by atoms with Crippen molar-refractivity contribution in [2.75, 3.05) is 6.26 Å². The SMILES string of the molecule is C#CS(#C)(C)c1ccc(-c2sc(-c3ccc(P)c(Cl)c3)nc2-c2ccc(F)cc2)cc1. The Balaban J connectivity index is 1.87. The lowest BCUT2D eigenvalue weighted by Gasteiger charge is -2.11. The van der Waals surface area contributed by atoms with Crippen LogP contribution >= 0.6 is 41.6 Å². The lowest BCUT2D eigenvalue weighted by molar-refractivity contribution is 0.628. The van der Waals surface area contributed by atoms with Gasteiger partial charge in [0.1, 0.15) is 10.8 Å². The van der Waals surface area contributed by atoms with Crippen molar-refractivity contribution < 1.29 is 4.39 Å². The fraction of sp³-hybridized carbons (Fsp3) is 0.0400. The molecule has 0 fully saturated rings. The molecule has 31 heavy (non-hydrogen) atoms. The van der Waals surface area contributed by atoms with Crippen molar-refractivity contribution in [3.63, 3.8) is 0 Å². The molecule has 154 valence electrons. The molecule has 3 aromatic carbocycles. The zero-order chi connectivity index (χ0) is 22.2. The molecule has 2 atom stereocenters. The summed E-state index contributed by atoms with van der Waals surface area (Å²) >= 11 is 7.89. The molecule has 1 nitrogen and oxygen atoms in total. The Kier molecular flexibility index (Phi) is 6.09. The summed E-state index contributed by atoms with van der Waals surface area (Å²) in [6, 6.07) is 20.2. The number of hydrogen-bond donors (Lipinski definition) is 0. The lowest BCUT2D eigenvalue weighted by atomic mass is 10.1. The standard InChI is InChI=1S/C25H18ClFNPS2/c1-4-31(2,3)20-12-7-17(8-13-20)24-23(16-5-10-19(27)11-6-16)28-25(30-24)18-9-14-22(29)21(26)15-18/h1-2,5-15H,29H2,3H3. The van der Waals surface area contributed by atoms with Crippen LogP contribution in [0.1, 0.15) is 0 Å². The van der Waals surface area contributed by atoms with E-state index < -0.39 is 9.44 Å². The second kappa shape index (κ2) is 8.64. The second-order valence-corrected chi connectivity index (χ2v) is 11.8. The van der Waals surface area contributed by atoms with Gasteiger partial charge in [-0.25, -0.2) is 9.37 Å². The highest BCUT2D eigenvalue weighted by Gasteiger charge is 2.17. The van der Waals surface area contributed by atoms with Crippen LogP contribution in [-0.4, -0.2) is 11.2 Å². The minimum Gasteiger partial charge on any atom is -0.235 e. The normalized spacial score (nSPS) is 12.8. The molecule has 0 aliphatic rings. The Hall–Kier alpha value is -2.37. The third-order valence-electron chi connectivity index (χ3n) is 4.84. The summed E-state index contributed by atoms with van der Waals surface area (Å²) in [6.07, 6.45) is 7.49. The third-order valence-corrected chi connectivity index (χ3v) is 8.75. The van der Waals surface area contributed by atoms with E-state index >= 15 is 0 Å². The first kappa shape index (κ1) is 21.8. The largest absolute Gasteiger partial charge is 0.235 e. The van der Waals surface area contributed by atoms with Crippen LogP contribution in [0.2, 0.25) is 5.02 Å². The van der Waals surface area contributed by atoms with Crippen molar-refractivity contribution in [3.05, 3.63) is 77.6 Å². The first-order valence-electron chi connectivity index (χ1n) is 9.24. The molecule has 1 aromatic heterocycles. The number of aromatic nitrogens is 1. The first-order valence-corrected chi connectivity index (χ1v) is 13.1. The number of nitrogens with zero attached hydrogens (tertiary/aromatic N) is 1. The molecule has 4 rings (SSSR count). The highest BCUT2D eigenvalue weighted by molar-refractivity contribution is 8.27. The fourth-order valence-corrected chi connectivity index (χ4v) is 5.35. The predicted octanol–water partition coefficient (Wildman–Crippen LogP) is 7.41. The van der Waals surface area contributed by atoms with Gasteiger partial charge in [0.05, 0.1) is 10.6 Å². The van der Waals surface area contributed by atoms with Gasteiger partial charge in [-0.1, -0.05) is 35.9 Å². The van der Waals surface area contributed by atoms with Crippen LogP contribution in [0.3, 0.4) is 0 Å². The van der Waals surface area contributed by atoms with Gasteiger partial charge in [-0.05, 0) is 64.8 Å². The van der Waals surface area contributed by atoms with E-state index in [0.29, 0.717) is 5.02 Å². The van der Waals surface area contributed by atoms with Gasteiger partial charge in [-0.2, -0.15) is 0 Å². The highest BCUT2D eigenvalue weighted by Crippen LogP contribution is 2.43. The Morgan fingerprint density at radius 3 is 2.23 bits per heavy atom. The van der Waals surface area contributed by atoms with Gasteiger partial charge in [0.15, 0.2) is 0 Å². The van der Waals surface area contributed by atoms with Crippen molar-refractivity contribution in [3.8, 4) is 49.6 Å². The minimum absolute atomic E-state index is 0.285. The lowest BCUT2D eigenvalue weighted by Crippen LogP contribution is -1.91. The predicted molar refractivity (Wildman–Crippen MR) is 138 cm³/mol. The number of benzene rings is 3. The molecule has 0 bridgehead atoms. The van der Waals surface area contributed by atoms with Crippen LogP contribution in [0.15, 0.2) is 71.6 Å². The number of thiazole rings is 1. The zero-order valence-electron chi connectivity index (χ0n) is 16.6. The fourth-order valence-electron chi connectivity index (χ4n) is 3.06. The molecule has 6 heteroatoms. The van der Waals surface area contributed by atoms with E-state index in [9.17, 15) is 4.39 Å². The quantitative estimate of drug-likeness (QED) is 0.219. The van der Waals surface area contributed by atoms with Gasteiger partial charge in [-0.15, -0.1) is 42.1 Å². The van der Waals surface area contributed by atoms with E-state index in [1.54, 1.807) is 23.5 Å². The Morgan fingerprint density at radius 2 is 1.61 bits per heavy atom. The van der Waals surface area contributed by atoms with Crippen LogP contribution < -0.4 is 5.30 Å². The summed E-state index contributed by atoms with van der Waals surface area (Å²) in [6.45, 7) is 0. The maximum absolute atomic E-state index is 13.5. The molecular formula is C25H18ClFNPS2. The van der Waals surface area contributed by atoms with Gasteiger partial charge in [0.2, 0.25) is 0 Å². The number of hydrogen-bond acceptors (Lipinski definition) is 2. The number of halogens is 2. The summed E-state index contributed by atoms with van der Waals surface area (Å²) in [7, 11) is 0.861. The monoisotopic (exact) mass is 481 g/mol. The van der Waals surface area contributed by atoms with Crippen molar-refractivity contribution in [2.45, 2.75) is 4.90 Å². The highest BCUT2D eigenvalue weighted by atomic mass is 35.5. The molecule has 0 aliphatic heterocycles. The number of terminal acetylenes is 1. The van der Waals surface area contributed by atoms with Crippen LogP contribution in [0.5, 0.6) is 0 Å². The van der Waals surface area contributed by atoms with Gasteiger partial charge in [0.25, 0.3) is 0 Å². The van der Waals surface area contributed by atoms with Gasteiger partial charge >= 0.3 is 0 Å². The van der Waals surface area contributed by atoms with E-state index in [-0.39, 0.29) is 5.82 Å². The van der Waals surface area contributed by atoms with Crippen molar-refractivity contribution >= 4 is 46.9 Å². The Labute approximate surface area is 194 Å². The second-order valence-electron chi connectivity index (χ2n) is 7.06. The van der Waals surface area contributed by atoms with Crippen molar-refractivity contribution in [1.82, 2.24) is 4.98 Å². The van der Waals surface area contributed by atoms with Gasteiger partial charge in [-0.3, -0.25) is 0 Å². The summed E-state index contributed by atoms with van der Waals surface area (Å²) in [5.41, 5.74) is 9.81. The summed E-state index contributed by atoms with van der Waals surface area (Å²) in [5, 5.41) is 5.12. The Morgan fingerprint density at radius 1 is 1.00 bits per heavy atom. The minimum atomic E-state index is -1.75. The maximum Gasteiger partial charge on any atom is 0.124 e. The van der Waals surface area contributed by atoms with Crippen LogP contribution in [0.4, 0.5) is 4.39 Å². The van der Waals surface area contributed by atoms with Crippen molar-refractivity contribution in [1.29, 1.82) is 0 Å². The topological polar surface area (TPSA) is 12.9 Å². The Bertz CT molecular complexity index is 1420. The molecule has 0 saturated carbocycles. The molecule has 4 aromatic rings. The van der Waals surface area contributed by atoms with Crippen LogP contribution in [0, 0.1) is 23.2 Å². The molecule has 2 unspecified atom stereocenters. The van der Waals surface area contributed by atoms with E-state index in [1.807, 2.05) is 48.7 Å². The molecule has 0 N–H and O–H groups in total. The van der Waals surface area contributed by atoms with E-state index in [0.717, 1.165) is 42.5 Å². The molecule has 0 radical (unpaired) electrons. The van der Waals surface area contributed by atoms with E-state index in [1.165, 1.54) is 12.1 Å². The average molecular weight is 482 g/mol. The summed E-state index contributed by atoms with van der Waals surface area (Å²) in [4.78, 5) is 6.81. The summed E-state index contributed by atoms with van der Waals surface area (Å²) in [5.74, 6) is -0.285. The van der Waals surface area contributed by atoms with E-state index in [2.05, 4.69) is 14.5 Å². The third kappa shape index (κ3) is 4.48. The molecule has 0 saturated heterocycles. The van der Waals surface area contributed by atoms with Gasteiger partial charge in [0, 0.05) is 21.0 Å². The maximum atomic E-state index is 13.5.